The summed E-state index contributed by atoms with van der Waals surface area (Å²) in [5, 5.41) is 0. The molecule has 0 saturated heterocycles. The summed E-state index contributed by atoms with van der Waals surface area (Å²) < 4.78 is 18.8. The standard InChI is InChI=1S/C17H17FN4O/c1-22(2)9-10-23-17-16-15(19-11-20-17)8-7-14(21-16)12-3-5-13(18)6-4-12/h3-8,11H,9-10H2,1-2H3. The van der Waals surface area contributed by atoms with Crippen molar-refractivity contribution in [2.45, 2.75) is 0 Å². The van der Waals surface area contributed by atoms with Crippen LogP contribution in [0, 0.1) is 5.82 Å². The molecule has 0 radical (unpaired) electrons. The number of hydrogen-bond acceptors (Lipinski definition) is 5. The van der Waals surface area contributed by atoms with Gasteiger partial charge < -0.3 is 9.64 Å². The smallest absolute Gasteiger partial charge is 0.243 e. The monoisotopic (exact) mass is 312 g/mol. The van der Waals surface area contributed by atoms with Crippen molar-refractivity contribution in [3.63, 3.8) is 0 Å². The Morgan fingerprint density at radius 3 is 2.57 bits per heavy atom. The summed E-state index contributed by atoms with van der Waals surface area (Å²) in [6, 6.07) is 9.93. The largest absolute Gasteiger partial charge is 0.475 e. The number of benzene rings is 1. The lowest BCUT2D eigenvalue weighted by molar-refractivity contribution is 0.256. The number of hydrogen-bond donors (Lipinski definition) is 0. The van der Waals surface area contributed by atoms with Gasteiger partial charge in [0, 0.05) is 12.1 Å². The molecule has 0 atom stereocenters. The van der Waals surface area contributed by atoms with E-state index in [4.69, 9.17) is 4.74 Å². The highest BCUT2D eigenvalue weighted by molar-refractivity contribution is 5.81. The third kappa shape index (κ3) is 3.60. The Hall–Kier alpha value is -2.60. The van der Waals surface area contributed by atoms with E-state index in [0.29, 0.717) is 23.5 Å². The van der Waals surface area contributed by atoms with Crippen LogP contribution < -0.4 is 4.74 Å². The number of nitrogens with zero attached hydrogens (tertiary/aromatic N) is 4. The molecule has 23 heavy (non-hydrogen) atoms. The van der Waals surface area contributed by atoms with Crippen LogP contribution in [0.3, 0.4) is 0 Å². The normalized spacial score (nSPS) is 11.1. The maximum absolute atomic E-state index is 13.1. The Morgan fingerprint density at radius 1 is 1.04 bits per heavy atom. The van der Waals surface area contributed by atoms with Gasteiger partial charge in [-0.1, -0.05) is 0 Å². The van der Waals surface area contributed by atoms with Gasteiger partial charge in [0.1, 0.15) is 18.8 Å². The van der Waals surface area contributed by atoms with Crippen LogP contribution in [-0.2, 0) is 0 Å². The van der Waals surface area contributed by atoms with Crippen molar-refractivity contribution in [2.75, 3.05) is 27.2 Å². The summed E-state index contributed by atoms with van der Waals surface area (Å²) in [5.41, 5.74) is 2.87. The Balaban J connectivity index is 1.95. The molecule has 1 aromatic carbocycles. The van der Waals surface area contributed by atoms with E-state index in [1.807, 2.05) is 31.1 Å². The first-order valence-corrected chi connectivity index (χ1v) is 7.29. The molecule has 2 aromatic heterocycles. The van der Waals surface area contributed by atoms with E-state index in [9.17, 15) is 4.39 Å². The van der Waals surface area contributed by atoms with Crippen molar-refractivity contribution in [2.24, 2.45) is 0 Å². The van der Waals surface area contributed by atoms with Crippen LogP contribution in [0.5, 0.6) is 5.88 Å². The average Bonchev–Trinajstić information content (AvgIpc) is 2.55. The summed E-state index contributed by atoms with van der Waals surface area (Å²) >= 11 is 0. The fourth-order valence-electron chi connectivity index (χ4n) is 2.13. The highest BCUT2D eigenvalue weighted by Crippen LogP contribution is 2.24. The van der Waals surface area contributed by atoms with Gasteiger partial charge in [0.05, 0.1) is 11.2 Å². The zero-order valence-corrected chi connectivity index (χ0v) is 13.0. The van der Waals surface area contributed by atoms with Gasteiger partial charge in [0.2, 0.25) is 5.88 Å². The van der Waals surface area contributed by atoms with Crippen LogP contribution in [0.25, 0.3) is 22.3 Å². The van der Waals surface area contributed by atoms with E-state index in [2.05, 4.69) is 15.0 Å². The van der Waals surface area contributed by atoms with Crippen LogP contribution >= 0.6 is 0 Å². The van der Waals surface area contributed by atoms with Crippen LogP contribution in [0.2, 0.25) is 0 Å². The Kier molecular flexibility index (Phi) is 4.43. The predicted octanol–water partition coefficient (Wildman–Crippen LogP) is 2.77. The topological polar surface area (TPSA) is 51.1 Å². The Bertz CT molecular complexity index is 805. The molecule has 0 amide bonds. The number of pyridine rings is 1. The molecule has 2 heterocycles. The summed E-state index contributed by atoms with van der Waals surface area (Å²) in [6.45, 7) is 1.30. The minimum absolute atomic E-state index is 0.273. The molecule has 3 rings (SSSR count). The van der Waals surface area contributed by atoms with Crippen LogP contribution in [-0.4, -0.2) is 47.1 Å². The predicted molar refractivity (Wildman–Crippen MR) is 86.8 cm³/mol. The molecular weight excluding hydrogens is 295 g/mol. The van der Waals surface area contributed by atoms with Gasteiger partial charge in [-0.2, -0.15) is 4.98 Å². The van der Waals surface area contributed by atoms with E-state index in [1.54, 1.807) is 12.1 Å². The SMILES string of the molecule is CN(C)CCOc1ncnc2ccc(-c3ccc(F)cc3)nc12. The zero-order chi connectivity index (χ0) is 16.2. The van der Waals surface area contributed by atoms with E-state index in [0.717, 1.165) is 17.8 Å². The van der Waals surface area contributed by atoms with Gasteiger partial charge in [0.25, 0.3) is 0 Å². The number of ether oxygens (including phenoxy) is 1. The second kappa shape index (κ2) is 6.66. The van der Waals surface area contributed by atoms with Gasteiger partial charge in [-0.05, 0) is 50.5 Å². The highest BCUT2D eigenvalue weighted by Gasteiger charge is 2.09. The van der Waals surface area contributed by atoms with Crippen LogP contribution in [0.4, 0.5) is 4.39 Å². The average molecular weight is 312 g/mol. The summed E-state index contributed by atoms with van der Waals surface area (Å²) in [5.74, 6) is 0.186. The van der Waals surface area contributed by atoms with Gasteiger partial charge in [0.15, 0.2) is 5.52 Å². The lowest BCUT2D eigenvalue weighted by atomic mass is 10.1. The molecule has 0 aliphatic rings. The van der Waals surface area contributed by atoms with Crippen LogP contribution in [0.15, 0.2) is 42.7 Å². The van der Waals surface area contributed by atoms with Crippen molar-refractivity contribution in [1.82, 2.24) is 19.9 Å². The number of halogens is 1. The molecule has 118 valence electrons. The lowest BCUT2D eigenvalue weighted by Crippen LogP contribution is -2.19. The summed E-state index contributed by atoms with van der Waals surface area (Å²) in [6.07, 6.45) is 1.46. The van der Waals surface area contributed by atoms with Gasteiger partial charge in [-0.15, -0.1) is 0 Å². The number of rotatable bonds is 5. The molecule has 0 bridgehead atoms. The molecule has 0 spiro atoms. The zero-order valence-electron chi connectivity index (χ0n) is 13.0. The quantitative estimate of drug-likeness (QED) is 0.725. The maximum atomic E-state index is 13.1. The molecule has 3 aromatic rings. The second-order valence-corrected chi connectivity index (χ2v) is 5.40. The van der Waals surface area contributed by atoms with Gasteiger partial charge in [-0.25, -0.2) is 14.4 Å². The fourth-order valence-corrected chi connectivity index (χ4v) is 2.13. The Labute approximate surface area is 133 Å². The minimum atomic E-state index is -0.273. The van der Waals surface area contributed by atoms with Crippen molar-refractivity contribution >= 4 is 11.0 Å². The van der Waals surface area contributed by atoms with Gasteiger partial charge in [-0.3, -0.25) is 0 Å². The van der Waals surface area contributed by atoms with E-state index in [1.165, 1.54) is 18.5 Å². The van der Waals surface area contributed by atoms with Crippen molar-refractivity contribution in [1.29, 1.82) is 0 Å². The highest BCUT2D eigenvalue weighted by atomic mass is 19.1. The summed E-state index contributed by atoms with van der Waals surface area (Å²) in [4.78, 5) is 15.0. The Morgan fingerprint density at radius 2 is 1.83 bits per heavy atom. The molecule has 0 unspecified atom stereocenters. The van der Waals surface area contributed by atoms with E-state index < -0.39 is 0 Å². The molecule has 0 aliphatic carbocycles. The first kappa shape index (κ1) is 15.3. The molecule has 0 saturated carbocycles. The minimum Gasteiger partial charge on any atom is -0.475 e. The molecule has 0 N–H and O–H groups in total. The van der Waals surface area contributed by atoms with Crippen LogP contribution in [0.1, 0.15) is 0 Å². The number of aromatic nitrogens is 3. The number of fused-ring (bicyclic) bond motifs is 1. The van der Waals surface area contributed by atoms with Crippen molar-refractivity contribution in [3.05, 3.63) is 48.5 Å². The van der Waals surface area contributed by atoms with Crippen molar-refractivity contribution < 1.29 is 9.13 Å². The molecule has 5 nitrogen and oxygen atoms in total. The molecule has 6 heteroatoms. The van der Waals surface area contributed by atoms with E-state index in [-0.39, 0.29) is 5.82 Å². The second-order valence-electron chi connectivity index (χ2n) is 5.40. The van der Waals surface area contributed by atoms with Crippen molar-refractivity contribution in [3.8, 4) is 17.1 Å². The number of likely N-dealkylation sites (N-methyl/N-ethyl adjacent to an activating group) is 1. The summed E-state index contributed by atoms with van der Waals surface area (Å²) in [7, 11) is 3.96. The molecule has 0 fully saturated rings. The fraction of sp³-hybridized carbons (Fsp3) is 0.235. The first-order chi connectivity index (χ1) is 11.1. The molecule has 0 aliphatic heterocycles. The lowest BCUT2D eigenvalue weighted by Gasteiger charge is -2.11. The third-order valence-electron chi connectivity index (χ3n) is 3.37. The van der Waals surface area contributed by atoms with E-state index >= 15 is 0 Å². The first-order valence-electron chi connectivity index (χ1n) is 7.29. The molecular formula is C17H17FN4O. The third-order valence-corrected chi connectivity index (χ3v) is 3.37. The maximum Gasteiger partial charge on any atom is 0.243 e. The van der Waals surface area contributed by atoms with Gasteiger partial charge >= 0.3 is 0 Å².